The first-order chi connectivity index (χ1) is 4.90. The Labute approximate surface area is 68.9 Å². The van der Waals surface area contributed by atoms with Crippen molar-refractivity contribution in [2.45, 2.75) is 46.3 Å². The molecule has 0 rings (SSSR count). The summed E-state index contributed by atoms with van der Waals surface area (Å²) in [4.78, 5) is 10.5. The summed E-state index contributed by atoms with van der Waals surface area (Å²) in [6, 6.07) is 0. The van der Waals surface area contributed by atoms with E-state index in [1.165, 1.54) is 0 Å². The molecule has 0 aliphatic heterocycles. The van der Waals surface area contributed by atoms with Gasteiger partial charge in [-0.15, -0.1) is 0 Å². The second kappa shape index (κ2) is 3.86. The Morgan fingerprint density at radius 1 is 1.27 bits per heavy atom. The highest BCUT2D eigenvalue weighted by Crippen LogP contribution is 2.20. The molecule has 0 heterocycles. The normalized spacial score (nSPS) is 15.1. The number of aldehydes is 1. The molecule has 0 aromatic rings. The van der Waals surface area contributed by atoms with Gasteiger partial charge in [0.1, 0.15) is 6.29 Å². The molecule has 1 unspecified atom stereocenters. The molecule has 0 N–H and O–H groups in total. The Morgan fingerprint density at radius 3 is 2.00 bits per heavy atom. The molecule has 66 valence electrons. The zero-order valence-corrected chi connectivity index (χ0v) is 8.05. The van der Waals surface area contributed by atoms with Crippen LogP contribution in [0, 0.1) is 5.92 Å². The van der Waals surface area contributed by atoms with Crippen molar-refractivity contribution in [3.63, 3.8) is 0 Å². The van der Waals surface area contributed by atoms with Crippen LogP contribution in [-0.2, 0) is 9.53 Å². The van der Waals surface area contributed by atoms with Crippen LogP contribution in [0.2, 0.25) is 0 Å². The highest BCUT2D eigenvalue weighted by molar-refractivity contribution is 5.54. The van der Waals surface area contributed by atoms with Gasteiger partial charge in [0.2, 0.25) is 0 Å². The highest BCUT2D eigenvalue weighted by atomic mass is 16.5. The fraction of sp³-hybridized carbons (Fsp3) is 0.889. The average molecular weight is 158 g/mol. The van der Waals surface area contributed by atoms with Crippen LogP contribution in [0.3, 0.4) is 0 Å². The summed E-state index contributed by atoms with van der Waals surface area (Å²) in [6.07, 6.45) is 1.11. The molecular weight excluding hydrogens is 140 g/mol. The first-order valence-corrected chi connectivity index (χ1v) is 4.03. The van der Waals surface area contributed by atoms with Gasteiger partial charge in [-0.25, -0.2) is 0 Å². The summed E-state index contributed by atoms with van der Waals surface area (Å²) < 4.78 is 5.56. The van der Waals surface area contributed by atoms with E-state index in [0.29, 0.717) is 0 Å². The first-order valence-electron chi connectivity index (χ1n) is 4.03. The molecule has 2 heteroatoms. The van der Waals surface area contributed by atoms with Crippen molar-refractivity contribution < 1.29 is 9.53 Å². The van der Waals surface area contributed by atoms with Crippen molar-refractivity contribution in [3.8, 4) is 0 Å². The van der Waals surface area contributed by atoms with E-state index in [1.807, 2.05) is 34.6 Å². The van der Waals surface area contributed by atoms with Gasteiger partial charge >= 0.3 is 0 Å². The molecule has 1 atom stereocenters. The molecule has 0 saturated carbocycles. The molecule has 0 bridgehead atoms. The molecule has 0 aliphatic rings. The van der Waals surface area contributed by atoms with E-state index in [-0.39, 0.29) is 17.6 Å². The molecule has 0 aromatic heterocycles. The first kappa shape index (κ1) is 10.6. The summed E-state index contributed by atoms with van der Waals surface area (Å²) in [5, 5.41) is 0. The lowest BCUT2D eigenvalue weighted by Crippen LogP contribution is -2.36. The lowest BCUT2D eigenvalue weighted by Gasteiger charge is -2.30. The van der Waals surface area contributed by atoms with Crippen LogP contribution in [0.15, 0.2) is 0 Å². The zero-order valence-electron chi connectivity index (χ0n) is 8.05. The minimum Gasteiger partial charge on any atom is -0.372 e. The predicted molar refractivity (Wildman–Crippen MR) is 45.5 cm³/mol. The fourth-order valence-electron chi connectivity index (χ4n) is 0.879. The van der Waals surface area contributed by atoms with Gasteiger partial charge in [0.25, 0.3) is 0 Å². The van der Waals surface area contributed by atoms with Crippen molar-refractivity contribution in [1.82, 2.24) is 0 Å². The van der Waals surface area contributed by atoms with Gasteiger partial charge in [-0.05, 0) is 27.7 Å². The van der Waals surface area contributed by atoms with Crippen molar-refractivity contribution in [2.75, 3.05) is 0 Å². The van der Waals surface area contributed by atoms with Gasteiger partial charge < -0.3 is 9.53 Å². The molecule has 0 saturated heterocycles. The number of hydrogen-bond donors (Lipinski definition) is 0. The zero-order chi connectivity index (χ0) is 9.07. The fourth-order valence-corrected chi connectivity index (χ4v) is 0.879. The van der Waals surface area contributed by atoms with Crippen LogP contribution in [0.1, 0.15) is 34.6 Å². The monoisotopic (exact) mass is 158 g/mol. The number of rotatable bonds is 4. The Morgan fingerprint density at radius 2 is 1.73 bits per heavy atom. The van der Waals surface area contributed by atoms with Gasteiger partial charge in [-0.3, -0.25) is 0 Å². The summed E-state index contributed by atoms with van der Waals surface area (Å²) in [5.41, 5.74) is -0.337. The number of hydrogen-bond acceptors (Lipinski definition) is 2. The third-order valence-corrected chi connectivity index (χ3v) is 1.84. The SMILES string of the molecule is CC(C)OC(C)(C)C(C)C=O. The van der Waals surface area contributed by atoms with Gasteiger partial charge in [0, 0.05) is 5.92 Å². The summed E-state index contributed by atoms with van der Waals surface area (Å²) in [5.74, 6) is -0.0510. The van der Waals surface area contributed by atoms with E-state index in [9.17, 15) is 4.79 Å². The second-order valence-corrected chi connectivity index (χ2v) is 3.69. The molecule has 0 aromatic carbocycles. The molecule has 0 spiro atoms. The van der Waals surface area contributed by atoms with E-state index in [1.54, 1.807) is 0 Å². The van der Waals surface area contributed by atoms with Crippen LogP contribution in [0.4, 0.5) is 0 Å². The van der Waals surface area contributed by atoms with E-state index < -0.39 is 0 Å². The van der Waals surface area contributed by atoms with Crippen LogP contribution >= 0.6 is 0 Å². The topological polar surface area (TPSA) is 26.3 Å². The van der Waals surface area contributed by atoms with Crippen molar-refractivity contribution >= 4 is 6.29 Å². The number of carbonyl (C=O) groups is 1. The van der Waals surface area contributed by atoms with Crippen LogP contribution in [0.5, 0.6) is 0 Å². The Kier molecular flexibility index (Phi) is 3.73. The van der Waals surface area contributed by atoms with E-state index in [2.05, 4.69) is 0 Å². The number of carbonyl (C=O) groups excluding carboxylic acids is 1. The predicted octanol–water partition coefficient (Wildman–Crippen LogP) is 2.02. The second-order valence-electron chi connectivity index (χ2n) is 3.69. The molecule has 0 radical (unpaired) electrons. The summed E-state index contributed by atoms with van der Waals surface area (Å²) in [7, 11) is 0. The van der Waals surface area contributed by atoms with Crippen molar-refractivity contribution in [1.29, 1.82) is 0 Å². The maximum Gasteiger partial charge on any atom is 0.125 e. The van der Waals surface area contributed by atoms with Crippen LogP contribution in [0.25, 0.3) is 0 Å². The van der Waals surface area contributed by atoms with Crippen LogP contribution in [-0.4, -0.2) is 18.0 Å². The maximum absolute atomic E-state index is 10.5. The largest absolute Gasteiger partial charge is 0.372 e. The smallest absolute Gasteiger partial charge is 0.125 e. The van der Waals surface area contributed by atoms with Gasteiger partial charge in [0.05, 0.1) is 11.7 Å². The minimum atomic E-state index is -0.337. The van der Waals surface area contributed by atoms with Crippen LogP contribution < -0.4 is 0 Å². The molecular formula is C9H18O2. The van der Waals surface area contributed by atoms with E-state index in [4.69, 9.17) is 4.74 Å². The van der Waals surface area contributed by atoms with Gasteiger partial charge in [-0.2, -0.15) is 0 Å². The maximum atomic E-state index is 10.5. The minimum absolute atomic E-state index is 0.0510. The van der Waals surface area contributed by atoms with Crippen molar-refractivity contribution in [2.24, 2.45) is 5.92 Å². The molecule has 11 heavy (non-hydrogen) atoms. The third kappa shape index (κ3) is 3.51. The lowest BCUT2D eigenvalue weighted by molar-refractivity contribution is -0.126. The Balaban J connectivity index is 4.08. The molecule has 0 fully saturated rings. The van der Waals surface area contributed by atoms with Gasteiger partial charge in [-0.1, -0.05) is 6.92 Å². The summed E-state index contributed by atoms with van der Waals surface area (Å²) >= 11 is 0. The van der Waals surface area contributed by atoms with E-state index in [0.717, 1.165) is 6.29 Å². The number of ether oxygens (including phenoxy) is 1. The Hall–Kier alpha value is -0.370. The lowest BCUT2D eigenvalue weighted by atomic mass is 9.94. The third-order valence-electron chi connectivity index (χ3n) is 1.84. The average Bonchev–Trinajstić information content (AvgIpc) is 1.83. The Bertz CT molecular complexity index is 128. The summed E-state index contributed by atoms with van der Waals surface area (Å²) in [6.45, 7) is 9.69. The quantitative estimate of drug-likeness (QED) is 0.585. The molecule has 2 nitrogen and oxygen atoms in total. The molecule has 0 amide bonds. The van der Waals surface area contributed by atoms with E-state index >= 15 is 0 Å². The standard InChI is InChI=1S/C9H18O2/c1-7(2)11-9(4,5)8(3)6-10/h6-8H,1-5H3. The highest BCUT2D eigenvalue weighted by Gasteiger charge is 2.27. The molecule has 0 aliphatic carbocycles. The van der Waals surface area contributed by atoms with Crippen molar-refractivity contribution in [3.05, 3.63) is 0 Å². The van der Waals surface area contributed by atoms with Gasteiger partial charge in [0.15, 0.2) is 0 Å².